The number of benzene rings is 1. The van der Waals surface area contributed by atoms with Gasteiger partial charge in [0.25, 0.3) is 0 Å². The number of para-hydroxylation sites is 1. The SMILES string of the molecule is CC1(C)CC1C(N)c1cc2cccc(F)c2o1. The fraction of sp³-hybridized carbons (Fsp3) is 0.429. The normalized spacial score (nSPS) is 23.9. The predicted octanol–water partition coefficient (Wildman–Crippen LogP) is 3.62. The molecule has 2 unspecified atom stereocenters. The maximum absolute atomic E-state index is 13.5. The highest BCUT2D eigenvalue weighted by atomic mass is 19.1. The number of nitrogens with two attached hydrogens (primary N) is 1. The number of halogens is 1. The molecule has 2 atom stereocenters. The third kappa shape index (κ3) is 1.65. The van der Waals surface area contributed by atoms with Gasteiger partial charge in [0, 0.05) is 5.39 Å². The summed E-state index contributed by atoms with van der Waals surface area (Å²) in [6.45, 7) is 4.39. The number of rotatable bonds is 2. The quantitative estimate of drug-likeness (QED) is 0.860. The van der Waals surface area contributed by atoms with Crippen molar-refractivity contribution in [1.82, 2.24) is 0 Å². The van der Waals surface area contributed by atoms with Crippen LogP contribution in [0.1, 0.15) is 32.1 Å². The van der Waals surface area contributed by atoms with Gasteiger partial charge in [-0.2, -0.15) is 0 Å². The van der Waals surface area contributed by atoms with E-state index < -0.39 is 0 Å². The molecule has 2 aromatic rings. The number of hydrogen-bond donors (Lipinski definition) is 1. The van der Waals surface area contributed by atoms with E-state index in [1.807, 2.05) is 12.1 Å². The second-order valence-electron chi connectivity index (χ2n) is 5.63. The van der Waals surface area contributed by atoms with E-state index in [2.05, 4.69) is 13.8 Å². The van der Waals surface area contributed by atoms with Crippen molar-refractivity contribution in [3.63, 3.8) is 0 Å². The first-order chi connectivity index (χ1) is 7.99. The van der Waals surface area contributed by atoms with E-state index in [9.17, 15) is 4.39 Å². The third-order valence-corrected chi connectivity index (χ3v) is 3.87. The Morgan fingerprint density at radius 2 is 2.18 bits per heavy atom. The number of furan rings is 1. The first-order valence-corrected chi connectivity index (χ1v) is 5.92. The first-order valence-electron chi connectivity index (χ1n) is 5.92. The second-order valence-corrected chi connectivity index (χ2v) is 5.63. The minimum Gasteiger partial charge on any atom is -0.456 e. The average Bonchev–Trinajstić information content (AvgIpc) is 2.75. The first kappa shape index (κ1) is 10.8. The minimum atomic E-state index is -0.323. The van der Waals surface area contributed by atoms with Crippen molar-refractivity contribution in [3.05, 3.63) is 35.8 Å². The van der Waals surface area contributed by atoms with E-state index >= 15 is 0 Å². The summed E-state index contributed by atoms with van der Waals surface area (Å²) in [5, 5.41) is 0.786. The van der Waals surface area contributed by atoms with Crippen molar-refractivity contribution in [2.24, 2.45) is 17.1 Å². The summed E-state index contributed by atoms with van der Waals surface area (Å²) in [6.07, 6.45) is 1.10. The Bertz CT molecular complexity index is 573. The largest absolute Gasteiger partial charge is 0.456 e. The van der Waals surface area contributed by atoms with Crippen LogP contribution in [0.3, 0.4) is 0 Å². The zero-order chi connectivity index (χ0) is 12.2. The summed E-state index contributed by atoms with van der Waals surface area (Å²) in [6, 6.07) is 6.66. The van der Waals surface area contributed by atoms with Crippen molar-refractivity contribution in [3.8, 4) is 0 Å². The van der Waals surface area contributed by atoms with E-state index in [1.54, 1.807) is 6.07 Å². The van der Waals surface area contributed by atoms with Crippen molar-refractivity contribution in [1.29, 1.82) is 0 Å². The Balaban J connectivity index is 1.99. The van der Waals surface area contributed by atoms with Crippen LogP contribution < -0.4 is 5.73 Å². The van der Waals surface area contributed by atoms with E-state index in [0.29, 0.717) is 17.3 Å². The molecule has 0 aliphatic heterocycles. The lowest BCUT2D eigenvalue weighted by atomic mass is 10.0. The Kier molecular flexibility index (Phi) is 2.11. The van der Waals surface area contributed by atoms with Gasteiger partial charge in [0.05, 0.1) is 6.04 Å². The van der Waals surface area contributed by atoms with Gasteiger partial charge in [-0.3, -0.25) is 0 Å². The predicted molar refractivity (Wildman–Crippen MR) is 65.0 cm³/mol. The number of hydrogen-bond acceptors (Lipinski definition) is 2. The topological polar surface area (TPSA) is 39.2 Å². The van der Waals surface area contributed by atoms with E-state index in [-0.39, 0.29) is 17.3 Å². The zero-order valence-corrected chi connectivity index (χ0v) is 10.0. The van der Waals surface area contributed by atoms with Crippen LogP contribution in [0.4, 0.5) is 4.39 Å². The molecule has 1 aliphatic carbocycles. The molecule has 0 spiro atoms. The van der Waals surface area contributed by atoms with E-state index in [0.717, 1.165) is 11.8 Å². The molecule has 1 heterocycles. The fourth-order valence-corrected chi connectivity index (χ4v) is 2.53. The van der Waals surface area contributed by atoms with Crippen LogP contribution in [0.15, 0.2) is 28.7 Å². The molecule has 2 N–H and O–H groups in total. The Labute approximate surface area is 99.6 Å². The molecule has 1 aromatic carbocycles. The lowest BCUT2D eigenvalue weighted by Crippen LogP contribution is -2.14. The minimum absolute atomic E-state index is 0.128. The molecule has 2 nitrogen and oxygen atoms in total. The van der Waals surface area contributed by atoms with Crippen LogP contribution >= 0.6 is 0 Å². The van der Waals surface area contributed by atoms with Crippen LogP contribution in [0.5, 0.6) is 0 Å². The van der Waals surface area contributed by atoms with Gasteiger partial charge in [0.2, 0.25) is 0 Å². The van der Waals surface area contributed by atoms with Gasteiger partial charge < -0.3 is 10.2 Å². The summed E-state index contributed by atoms with van der Waals surface area (Å²) in [5.74, 6) is 0.808. The highest BCUT2D eigenvalue weighted by Gasteiger charge is 2.50. The Morgan fingerprint density at radius 3 is 2.76 bits per heavy atom. The zero-order valence-electron chi connectivity index (χ0n) is 10.0. The smallest absolute Gasteiger partial charge is 0.169 e. The molecule has 1 fully saturated rings. The molecular weight excluding hydrogens is 217 g/mol. The van der Waals surface area contributed by atoms with Crippen molar-refractivity contribution < 1.29 is 8.81 Å². The van der Waals surface area contributed by atoms with E-state index in [1.165, 1.54) is 6.07 Å². The monoisotopic (exact) mass is 233 g/mol. The van der Waals surface area contributed by atoms with Gasteiger partial charge in [-0.25, -0.2) is 4.39 Å². The summed E-state index contributed by atoms with van der Waals surface area (Å²) >= 11 is 0. The van der Waals surface area contributed by atoms with Gasteiger partial charge in [-0.15, -0.1) is 0 Å². The van der Waals surface area contributed by atoms with Crippen LogP contribution in [-0.2, 0) is 0 Å². The summed E-state index contributed by atoms with van der Waals surface area (Å²) in [4.78, 5) is 0. The molecule has 3 rings (SSSR count). The molecule has 1 saturated carbocycles. The van der Waals surface area contributed by atoms with Crippen molar-refractivity contribution in [2.75, 3.05) is 0 Å². The lowest BCUT2D eigenvalue weighted by molar-refractivity contribution is 0.415. The van der Waals surface area contributed by atoms with Crippen LogP contribution in [0, 0.1) is 17.2 Å². The van der Waals surface area contributed by atoms with Gasteiger partial charge in [0.1, 0.15) is 5.76 Å². The molecule has 0 saturated heterocycles. The molecule has 17 heavy (non-hydrogen) atoms. The van der Waals surface area contributed by atoms with Crippen LogP contribution in [0.25, 0.3) is 11.0 Å². The lowest BCUT2D eigenvalue weighted by Gasteiger charge is -2.09. The highest BCUT2D eigenvalue weighted by molar-refractivity contribution is 5.78. The molecular formula is C14H16FNO. The standard InChI is InChI=1S/C14H16FNO/c1-14(2)7-9(14)12(16)11-6-8-4-3-5-10(15)13(8)17-11/h3-6,9,12H,7,16H2,1-2H3. The van der Waals surface area contributed by atoms with Gasteiger partial charge in [0.15, 0.2) is 11.4 Å². The highest BCUT2D eigenvalue weighted by Crippen LogP contribution is 2.57. The maximum Gasteiger partial charge on any atom is 0.169 e. The molecule has 1 aromatic heterocycles. The van der Waals surface area contributed by atoms with Gasteiger partial charge >= 0.3 is 0 Å². The second kappa shape index (κ2) is 3.33. The molecule has 0 bridgehead atoms. The summed E-state index contributed by atoms with van der Waals surface area (Å²) < 4.78 is 19.1. The maximum atomic E-state index is 13.5. The summed E-state index contributed by atoms with van der Waals surface area (Å²) in [5.41, 5.74) is 6.78. The van der Waals surface area contributed by atoms with Gasteiger partial charge in [-0.05, 0) is 29.9 Å². The van der Waals surface area contributed by atoms with Crippen LogP contribution in [0.2, 0.25) is 0 Å². The van der Waals surface area contributed by atoms with Crippen molar-refractivity contribution in [2.45, 2.75) is 26.3 Å². The van der Waals surface area contributed by atoms with E-state index in [4.69, 9.17) is 10.2 Å². The molecule has 3 heteroatoms. The molecule has 0 amide bonds. The molecule has 1 aliphatic rings. The number of fused-ring (bicyclic) bond motifs is 1. The summed E-state index contributed by atoms with van der Waals surface area (Å²) in [7, 11) is 0. The average molecular weight is 233 g/mol. The Hall–Kier alpha value is -1.35. The van der Waals surface area contributed by atoms with Crippen molar-refractivity contribution >= 4 is 11.0 Å². The third-order valence-electron chi connectivity index (χ3n) is 3.87. The fourth-order valence-electron chi connectivity index (χ4n) is 2.53. The Morgan fingerprint density at radius 1 is 1.47 bits per heavy atom. The molecule has 90 valence electrons. The van der Waals surface area contributed by atoms with Crippen LogP contribution in [-0.4, -0.2) is 0 Å². The molecule has 0 radical (unpaired) electrons. The van der Waals surface area contributed by atoms with Gasteiger partial charge in [-0.1, -0.05) is 26.0 Å².